The topological polar surface area (TPSA) is 45.2 Å². The quantitative estimate of drug-likeness (QED) is 0.912. The molecule has 0 bridgehead atoms. The summed E-state index contributed by atoms with van der Waals surface area (Å²) in [6.07, 6.45) is 1.73. The van der Waals surface area contributed by atoms with Crippen molar-refractivity contribution in [3.8, 4) is 0 Å². The summed E-state index contributed by atoms with van der Waals surface area (Å²) >= 11 is 0. The Morgan fingerprint density at radius 1 is 1.21 bits per heavy atom. The van der Waals surface area contributed by atoms with Crippen LogP contribution >= 0.6 is 0 Å². The molecule has 1 aromatic heterocycles. The molecule has 1 N–H and O–H groups in total. The van der Waals surface area contributed by atoms with E-state index in [9.17, 15) is 4.79 Å². The zero-order valence-corrected chi connectivity index (χ0v) is 11.1. The molecule has 98 valence electrons. The van der Waals surface area contributed by atoms with Crippen LogP contribution in [0.15, 0.2) is 48.7 Å². The van der Waals surface area contributed by atoms with Gasteiger partial charge in [-0.05, 0) is 36.4 Å². The molecule has 2 aromatic rings. The van der Waals surface area contributed by atoms with Crippen molar-refractivity contribution in [3.63, 3.8) is 0 Å². The van der Waals surface area contributed by atoms with E-state index in [-0.39, 0.29) is 5.91 Å². The van der Waals surface area contributed by atoms with Crippen molar-refractivity contribution in [2.24, 2.45) is 0 Å². The minimum atomic E-state index is -0.00620. The number of pyridine rings is 1. The summed E-state index contributed by atoms with van der Waals surface area (Å²) in [5.41, 5.74) is 2.55. The molecular formula is C15H17N3O. The zero-order chi connectivity index (χ0) is 13.7. The number of hydrogen-bond donors (Lipinski definition) is 1. The van der Waals surface area contributed by atoms with Crippen LogP contribution in [0.25, 0.3) is 0 Å². The number of nitrogens with zero attached hydrogens (tertiary/aromatic N) is 2. The minimum Gasteiger partial charge on any atom is -0.388 e. The third-order valence-corrected chi connectivity index (χ3v) is 2.89. The van der Waals surface area contributed by atoms with Gasteiger partial charge >= 0.3 is 0 Å². The number of aromatic nitrogens is 1. The fraction of sp³-hybridized carbons (Fsp3) is 0.200. The average molecular weight is 255 g/mol. The normalized spacial score (nSPS) is 10.0. The molecule has 0 aliphatic rings. The molecule has 4 nitrogen and oxygen atoms in total. The Hall–Kier alpha value is -2.36. The lowest BCUT2D eigenvalue weighted by Crippen LogP contribution is -2.26. The van der Waals surface area contributed by atoms with Gasteiger partial charge in [-0.15, -0.1) is 0 Å². The van der Waals surface area contributed by atoms with E-state index in [2.05, 4.69) is 10.3 Å². The number of carbonyl (C=O) groups is 1. The summed E-state index contributed by atoms with van der Waals surface area (Å²) in [4.78, 5) is 18.1. The molecule has 2 rings (SSSR count). The standard InChI is InChI=1S/C15H17N3O/c1-16-13-8-6-12(7-9-13)15(19)18(2)11-14-5-3-4-10-17-14/h3-10,16H,11H2,1-2H3. The van der Waals surface area contributed by atoms with Crippen LogP contribution in [0.4, 0.5) is 5.69 Å². The first-order valence-corrected chi connectivity index (χ1v) is 6.14. The molecule has 0 fully saturated rings. The van der Waals surface area contributed by atoms with E-state index in [1.165, 1.54) is 0 Å². The third-order valence-electron chi connectivity index (χ3n) is 2.89. The highest BCUT2D eigenvalue weighted by Gasteiger charge is 2.12. The van der Waals surface area contributed by atoms with Crippen molar-refractivity contribution in [1.29, 1.82) is 0 Å². The number of hydrogen-bond acceptors (Lipinski definition) is 3. The highest BCUT2D eigenvalue weighted by molar-refractivity contribution is 5.94. The maximum absolute atomic E-state index is 12.2. The number of carbonyl (C=O) groups excluding carboxylic acids is 1. The van der Waals surface area contributed by atoms with E-state index in [4.69, 9.17) is 0 Å². The number of rotatable bonds is 4. The molecule has 1 heterocycles. The Morgan fingerprint density at radius 2 is 1.95 bits per heavy atom. The molecule has 0 atom stereocenters. The van der Waals surface area contributed by atoms with Crippen molar-refractivity contribution >= 4 is 11.6 Å². The second kappa shape index (κ2) is 6.00. The summed E-state index contributed by atoms with van der Waals surface area (Å²) in [6, 6.07) is 13.1. The van der Waals surface area contributed by atoms with Gasteiger partial charge in [-0.2, -0.15) is 0 Å². The lowest BCUT2D eigenvalue weighted by molar-refractivity contribution is 0.0783. The van der Waals surface area contributed by atoms with Gasteiger partial charge in [0.25, 0.3) is 5.91 Å². The van der Waals surface area contributed by atoms with Gasteiger partial charge in [-0.3, -0.25) is 9.78 Å². The van der Waals surface area contributed by atoms with Gasteiger partial charge < -0.3 is 10.2 Å². The molecule has 1 aromatic carbocycles. The molecule has 0 radical (unpaired) electrons. The predicted molar refractivity (Wildman–Crippen MR) is 76.0 cm³/mol. The first kappa shape index (κ1) is 13.1. The predicted octanol–water partition coefficient (Wildman–Crippen LogP) is 2.40. The van der Waals surface area contributed by atoms with Gasteiger partial charge in [0.1, 0.15) is 0 Å². The van der Waals surface area contributed by atoms with Gasteiger partial charge in [0.2, 0.25) is 0 Å². The van der Waals surface area contributed by atoms with Crippen molar-refractivity contribution in [1.82, 2.24) is 9.88 Å². The first-order chi connectivity index (χ1) is 9.20. The molecule has 0 aliphatic carbocycles. The molecule has 0 saturated carbocycles. The zero-order valence-electron chi connectivity index (χ0n) is 11.1. The fourth-order valence-corrected chi connectivity index (χ4v) is 1.81. The summed E-state index contributed by atoms with van der Waals surface area (Å²) in [5, 5.41) is 3.03. The van der Waals surface area contributed by atoms with Crippen LogP contribution in [-0.4, -0.2) is 29.9 Å². The maximum atomic E-state index is 12.2. The summed E-state index contributed by atoms with van der Waals surface area (Å²) in [5.74, 6) is -0.00620. The van der Waals surface area contributed by atoms with E-state index >= 15 is 0 Å². The summed E-state index contributed by atoms with van der Waals surface area (Å²) in [6.45, 7) is 0.507. The first-order valence-electron chi connectivity index (χ1n) is 6.14. The largest absolute Gasteiger partial charge is 0.388 e. The van der Waals surface area contributed by atoms with Gasteiger partial charge in [-0.1, -0.05) is 6.07 Å². The smallest absolute Gasteiger partial charge is 0.253 e. The Bertz CT molecular complexity index is 537. The highest BCUT2D eigenvalue weighted by Crippen LogP contribution is 2.11. The molecule has 4 heteroatoms. The Balaban J connectivity index is 2.06. The number of amides is 1. The van der Waals surface area contributed by atoms with Crippen molar-refractivity contribution in [3.05, 3.63) is 59.9 Å². The van der Waals surface area contributed by atoms with Crippen molar-refractivity contribution in [2.75, 3.05) is 19.4 Å². The van der Waals surface area contributed by atoms with E-state index in [1.807, 2.05) is 49.5 Å². The Morgan fingerprint density at radius 3 is 2.53 bits per heavy atom. The highest BCUT2D eigenvalue weighted by atomic mass is 16.2. The van der Waals surface area contributed by atoms with Crippen LogP contribution in [0.5, 0.6) is 0 Å². The van der Waals surface area contributed by atoms with Crippen LogP contribution in [0.2, 0.25) is 0 Å². The van der Waals surface area contributed by atoms with E-state index in [1.54, 1.807) is 18.1 Å². The molecule has 0 spiro atoms. The number of anilines is 1. The average Bonchev–Trinajstić information content (AvgIpc) is 2.47. The molecule has 1 amide bonds. The van der Waals surface area contributed by atoms with Gasteiger partial charge in [0.15, 0.2) is 0 Å². The van der Waals surface area contributed by atoms with Gasteiger partial charge in [-0.25, -0.2) is 0 Å². The molecule has 0 unspecified atom stereocenters. The second-order valence-corrected chi connectivity index (χ2v) is 4.31. The third kappa shape index (κ3) is 3.31. The monoisotopic (exact) mass is 255 g/mol. The van der Waals surface area contributed by atoms with Gasteiger partial charge in [0.05, 0.1) is 12.2 Å². The van der Waals surface area contributed by atoms with Crippen molar-refractivity contribution < 1.29 is 4.79 Å². The van der Waals surface area contributed by atoms with Crippen LogP contribution in [0, 0.1) is 0 Å². The van der Waals surface area contributed by atoms with Crippen LogP contribution < -0.4 is 5.32 Å². The Kier molecular flexibility index (Phi) is 4.13. The number of benzene rings is 1. The fourth-order valence-electron chi connectivity index (χ4n) is 1.81. The second-order valence-electron chi connectivity index (χ2n) is 4.31. The number of nitrogens with one attached hydrogen (secondary N) is 1. The minimum absolute atomic E-state index is 0.00620. The lowest BCUT2D eigenvalue weighted by atomic mass is 10.2. The maximum Gasteiger partial charge on any atom is 0.253 e. The van der Waals surface area contributed by atoms with Crippen molar-refractivity contribution in [2.45, 2.75) is 6.54 Å². The van der Waals surface area contributed by atoms with E-state index in [0.29, 0.717) is 12.1 Å². The molecule has 0 aliphatic heterocycles. The van der Waals surface area contributed by atoms with Crippen LogP contribution in [0.3, 0.4) is 0 Å². The molecular weight excluding hydrogens is 238 g/mol. The molecule has 0 saturated heterocycles. The van der Waals surface area contributed by atoms with Crippen LogP contribution in [0.1, 0.15) is 16.1 Å². The molecule has 19 heavy (non-hydrogen) atoms. The Labute approximate surface area is 113 Å². The summed E-state index contributed by atoms with van der Waals surface area (Å²) < 4.78 is 0. The van der Waals surface area contributed by atoms with Crippen LogP contribution in [-0.2, 0) is 6.54 Å². The SMILES string of the molecule is CNc1ccc(C(=O)N(C)Cc2ccccn2)cc1. The van der Waals surface area contributed by atoms with Gasteiger partial charge in [0, 0.05) is 31.5 Å². The summed E-state index contributed by atoms with van der Waals surface area (Å²) in [7, 11) is 3.63. The van der Waals surface area contributed by atoms with E-state index in [0.717, 1.165) is 11.4 Å². The lowest BCUT2D eigenvalue weighted by Gasteiger charge is -2.16. The van der Waals surface area contributed by atoms with E-state index < -0.39 is 0 Å².